The molecule has 1 aliphatic rings. The van der Waals surface area contributed by atoms with Gasteiger partial charge in [0.25, 0.3) is 0 Å². The summed E-state index contributed by atoms with van der Waals surface area (Å²) in [7, 11) is 0. The zero-order valence-corrected chi connectivity index (χ0v) is 19.4. The molecule has 1 heterocycles. The van der Waals surface area contributed by atoms with Gasteiger partial charge >= 0.3 is 0 Å². The van der Waals surface area contributed by atoms with Crippen LogP contribution in [0.4, 0.5) is 0 Å². The molecular weight excluding hydrogens is 382 g/mol. The molecule has 1 saturated carbocycles. The predicted molar refractivity (Wildman–Crippen MR) is 119 cm³/mol. The number of carbonyl (C=O) groups excluding carboxylic acids is 2. The number of aromatic nitrogens is 3. The number of aryl methyl sites for hydroxylation is 1. The average molecular weight is 422 g/mol. The van der Waals surface area contributed by atoms with Gasteiger partial charge in [-0.15, -0.1) is 5.10 Å². The van der Waals surface area contributed by atoms with E-state index in [9.17, 15) is 9.59 Å². The van der Waals surface area contributed by atoms with Crippen molar-refractivity contribution in [2.45, 2.75) is 121 Å². The van der Waals surface area contributed by atoms with Gasteiger partial charge in [0, 0.05) is 19.3 Å². The van der Waals surface area contributed by atoms with Crippen LogP contribution in [-0.4, -0.2) is 32.0 Å². The first kappa shape index (κ1) is 24.1. The van der Waals surface area contributed by atoms with Crippen LogP contribution in [0.25, 0.3) is 0 Å². The topological polar surface area (TPSA) is 75.7 Å². The second-order valence-electron chi connectivity index (χ2n) is 9.30. The van der Waals surface area contributed by atoms with E-state index in [-0.39, 0.29) is 17.0 Å². The number of carbonyl (C=O) groups is 2. The minimum atomic E-state index is -0.631. The Morgan fingerprint density at radius 3 is 1.97 bits per heavy atom. The third kappa shape index (κ3) is 9.02. The maximum absolute atomic E-state index is 12.3. The number of hydrogen-bond donors (Lipinski definition) is 1. The maximum Gasteiger partial charge on any atom is 0.209 e. The zero-order chi connectivity index (χ0) is 21.1. The fourth-order valence-electron chi connectivity index (χ4n) is 4.01. The van der Waals surface area contributed by atoms with E-state index < -0.39 is 5.25 Å². The summed E-state index contributed by atoms with van der Waals surface area (Å²) in [5.74, 6) is 0.875. The molecule has 0 amide bonds. The molecule has 0 saturated heterocycles. The first-order chi connectivity index (χ1) is 13.9. The van der Waals surface area contributed by atoms with E-state index in [1.165, 1.54) is 76.0 Å². The first-order valence-corrected chi connectivity index (χ1v) is 12.4. The minimum Gasteiger partial charge on any atom is -0.298 e. The van der Waals surface area contributed by atoms with Crippen molar-refractivity contribution in [2.75, 3.05) is 0 Å². The Balaban J connectivity index is 1.57. The molecule has 1 N–H and O–H groups in total. The SMILES string of the molecule is CCCCCCCCCCCCCc1nc(SC2C(=O)CC(C)(C)CC2=O)n[nH]1. The van der Waals surface area contributed by atoms with Crippen molar-refractivity contribution in [3.63, 3.8) is 0 Å². The molecule has 6 heteroatoms. The number of nitrogens with zero attached hydrogens (tertiary/aromatic N) is 2. The molecule has 1 fully saturated rings. The molecule has 0 bridgehead atoms. The largest absolute Gasteiger partial charge is 0.298 e. The van der Waals surface area contributed by atoms with Gasteiger partial charge in [0.2, 0.25) is 5.16 Å². The number of unbranched alkanes of at least 4 members (excludes halogenated alkanes) is 10. The fourth-order valence-corrected chi connectivity index (χ4v) is 4.91. The van der Waals surface area contributed by atoms with Crippen LogP contribution in [0.15, 0.2) is 5.16 Å². The van der Waals surface area contributed by atoms with Crippen molar-refractivity contribution < 1.29 is 9.59 Å². The lowest BCUT2D eigenvalue weighted by atomic mass is 9.76. The maximum atomic E-state index is 12.3. The van der Waals surface area contributed by atoms with E-state index in [2.05, 4.69) is 22.1 Å². The summed E-state index contributed by atoms with van der Waals surface area (Å²) in [5.41, 5.74) is -0.218. The van der Waals surface area contributed by atoms with Gasteiger partial charge in [-0.25, -0.2) is 4.98 Å². The van der Waals surface area contributed by atoms with Crippen LogP contribution in [0, 0.1) is 5.41 Å². The molecule has 0 unspecified atom stereocenters. The Morgan fingerprint density at radius 2 is 1.41 bits per heavy atom. The molecule has 0 aliphatic heterocycles. The summed E-state index contributed by atoms with van der Waals surface area (Å²) < 4.78 is 0. The summed E-state index contributed by atoms with van der Waals surface area (Å²) in [6.07, 6.45) is 16.3. The molecule has 0 atom stereocenters. The van der Waals surface area contributed by atoms with Crippen LogP contribution >= 0.6 is 11.8 Å². The van der Waals surface area contributed by atoms with Gasteiger partial charge in [-0.2, -0.15) is 0 Å². The van der Waals surface area contributed by atoms with Gasteiger partial charge in [-0.1, -0.05) is 96.7 Å². The van der Waals surface area contributed by atoms with Gasteiger partial charge in [0.05, 0.1) is 0 Å². The number of ketones is 2. The minimum absolute atomic E-state index is 0.00737. The van der Waals surface area contributed by atoms with Crippen molar-refractivity contribution >= 4 is 23.3 Å². The number of hydrogen-bond acceptors (Lipinski definition) is 5. The number of thioether (sulfide) groups is 1. The van der Waals surface area contributed by atoms with E-state index in [1.54, 1.807) is 0 Å². The van der Waals surface area contributed by atoms with Crippen LogP contribution in [0.1, 0.15) is 110 Å². The molecule has 164 valence electrons. The normalized spacial score (nSPS) is 17.2. The lowest BCUT2D eigenvalue weighted by Gasteiger charge is -2.31. The van der Waals surface area contributed by atoms with Gasteiger partial charge in [0.1, 0.15) is 11.1 Å². The van der Waals surface area contributed by atoms with Gasteiger partial charge in [-0.05, 0) is 11.8 Å². The summed E-state index contributed by atoms with van der Waals surface area (Å²) >= 11 is 1.21. The molecule has 2 rings (SSSR count). The summed E-state index contributed by atoms with van der Waals surface area (Å²) in [4.78, 5) is 29.1. The second kappa shape index (κ2) is 12.5. The predicted octanol–water partition coefficient (Wildman–Crippen LogP) is 6.08. The summed E-state index contributed by atoms with van der Waals surface area (Å²) in [6, 6.07) is 0. The highest BCUT2D eigenvalue weighted by molar-refractivity contribution is 8.01. The molecule has 0 aromatic carbocycles. The van der Waals surface area contributed by atoms with Crippen LogP contribution in [0.5, 0.6) is 0 Å². The third-order valence-electron chi connectivity index (χ3n) is 5.64. The fraction of sp³-hybridized carbons (Fsp3) is 0.826. The highest BCUT2D eigenvalue weighted by Gasteiger charge is 2.40. The Labute approximate surface area is 180 Å². The highest BCUT2D eigenvalue weighted by atomic mass is 32.2. The Morgan fingerprint density at radius 1 is 0.897 bits per heavy atom. The Kier molecular flexibility index (Phi) is 10.4. The van der Waals surface area contributed by atoms with E-state index in [1.807, 2.05) is 13.8 Å². The Hall–Kier alpha value is -1.17. The second-order valence-corrected chi connectivity index (χ2v) is 10.4. The number of aromatic amines is 1. The number of H-pyrrole nitrogens is 1. The van der Waals surface area contributed by atoms with Crippen molar-refractivity contribution in [2.24, 2.45) is 5.41 Å². The van der Waals surface area contributed by atoms with Crippen LogP contribution in [0.2, 0.25) is 0 Å². The molecule has 1 aliphatic carbocycles. The third-order valence-corrected chi connectivity index (χ3v) is 6.80. The summed E-state index contributed by atoms with van der Waals surface area (Å²) in [5, 5.41) is 7.07. The van der Waals surface area contributed by atoms with Crippen LogP contribution < -0.4 is 0 Å². The Bertz CT molecular complexity index is 622. The van der Waals surface area contributed by atoms with E-state index >= 15 is 0 Å². The van der Waals surface area contributed by atoms with Crippen molar-refractivity contribution in [3.8, 4) is 0 Å². The molecular formula is C23H39N3O2S. The van der Waals surface area contributed by atoms with Crippen molar-refractivity contribution in [1.29, 1.82) is 0 Å². The number of rotatable bonds is 14. The van der Waals surface area contributed by atoms with E-state index in [0.717, 1.165) is 18.7 Å². The highest BCUT2D eigenvalue weighted by Crippen LogP contribution is 2.37. The van der Waals surface area contributed by atoms with Crippen LogP contribution in [0.3, 0.4) is 0 Å². The standard InChI is InChI=1S/C23H39N3O2S/c1-4-5-6-7-8-9-10-11-12-13-14-15-20-24-22(26-25-20)29-21-18(27)16-23(2,3)17-19(21)28/h21H,4-17H2,1-3H3,(H,24,25,26). The monoisotopic (exact) mass is 421 g/mol. The molecule has 0 radical (unpaired) electrons. The van der Waals surface area contributed by atoms with E-state index in [4.69, 9.17) is 0 Å². The van der Waals surface area contributed by atoms with Gasteiger partial charge in [0.15, 0.2) is 11.6 Å². The first-order valence-electron chi connectivity index (χ1n) is 11.5. The van der Waals surface area contributed by atoms with Crippen molar-refractivity contribution in [1.82, 2.24) is 15.2 Å². The molecule has 29 heavy (non-hydrogen) atoms. The lowest BCUT2D eigenvalue weighted by Crippen LogP contribution is -2.39. The quantitative estimate of drug-likeness (QED) is 0.291. The van der Waals surface area contributed by atoms with Gasteiger partial charge in [-0.3, -0.25) is 14.7 Å². The summed E-state index contributed by atoms with van der Waals surface area (Å²) in [6.45, 7) is 6.21. The van der Waals surface area contributed by atoms with E-state index in [0.29, 0.717) is 18.0 Å². The van der Waals surface area contributed by atoms with Crippen molar-refractivity contribution in [3.05, 3.63) is 5.82 Å². The molecule has 1 aromatic heterocycles. The molecule has 5 nitrogen and oxygen atoms in total. The number of Topliss-reactive ketones (excluding diaryl/α,β-unsaturated/α-hetero) is 2. The zero-order valence-electron chi connectivity index (χ0n) is 18.6. The van der Waals surface area contributed by atoms with Gasteiger partial charge < -0.3 is 0 Å². The molecule has 0 spiro atoms. The average Bonchev–Trinajstić information content (AvgIpc) is 3.09. The lowest BCUT2D eigenvalue weighted by molar-refractivity contribution is -0.132. The number of nitrogens with one attached hydrogen (secondary N) is 1. The van der Waals surface area contributed by atoms with Crippen LogP contribution in [-0.2, 0) is 16.0 Å². The smallest absolute Gasteiger partial charge is 0.209 e. The molecule has 1 aromatic rings.